The zero-order valence-corrected chi connectivity index (χ0v) is 12.8. The first-order valence-electron chi connectivity index (χ1n) is 6.40. The number of hydrazine groups is 1. The maximum absolute atomic E-state index is 5.74. The first-order chi connectivity index (χ1) is 9.17. The van der Waals surface area contributed by atoms with E-state index in [2.05, 4.69) is 63.0 Å². The Morgan fingerprint density at radius 3 is 2.89 bits per heavy atom. The van der Waals surface area contributed by atoms with E-state index in [1.54, 1.807) is 0 Å². The van der Waals surface area contributed by atoms with Crippen molar-refractivity contribution in [2.45, 2.75) is 32.9 Å². The summed E-state index contributed by atoms with van der Waals surface area (Å²) in [6.07, 6.45) is 4.87. The Bertz CT molecular complexity index is 550. The average Bonchev–Trinajstić information content (AvgIpc) is 2.82. The van der Waals surface area contributed by atoms with Gasteiger partial charge in [-0.05, 0) is 30.5 Å². The molecule has 0 aliphatic rings. The molecule has 2 rings (SSSR count). The van der Waals surface area contributed by atoms with Crippen molar-refractivity contribution < 1.29 is 0 Å². The Morgan fingerprint density at radius 2 is 2.26 bits per heavy atom. The molecule has 0 aliphatic carbocycles. The van der Waals surface area contributed by atoms with Gasteiger partial charge in [0.15, 0.2) is 0 Å². The molecule has 0 radical (unpaired) electrons. The second-order valence-corrected chi connectivity index (χ2v) is 5.46. The van der Waals surface area contributed by atoms with E-state index in [4.69, 9.17) is 5.84 Å². The van der Waals surface area contributed by atoms with Gasteiger partial charge in [-0.1, -0.05) is 35.0 Å². The lowest BCUT2D eigenvalue weighted by Crippen LogP contribution is -2.31. The van der Waals surface area contributed by atoms with E-state index in [0.29, 0.717) is 0 Å². The van der Waals surface area contributed by atoms with Gasteiger partial charge in [0.2, 0.25) is 0 Å². The molecule has 2 aromatic rings. The fraction of sp³-hybridized carbons (Fsp3) is 0.357. The van der Waals surface area contributed by atoms with Crippen LogP contribution in [0.3, 0.4) is 0 Å². The molecule has 3 N–H and O–H groups in total. The summed E-state index contributed by atoms with van der Waals surface area (Å²) in [6, 6.07) is 6.13. The Kier molecular flexibility index (Phi) is 4.74. The highest BCUT2D eigenvalue weighted by molar-refractivity contribution is 9.10. The number of nitrogens with zero attached hydrogens (tertiary/aromatic N) is 2. The molecule has 0 saturated carbocycles. The Morgan fingerprint density at radius 1 is 1.47 bits per heavy atom. The van der Waals surface area contributed by atoms with Crippen LogP contribution in [0.25, 0.3) is 0 Å². The first kappa shape index (κ1) is 14.2. The first-order valence-corrected chi connectivity index (χ1v) is 7.19. The van der Waals surface area contributed by atoms with Gasteiger partial charge in [-0.3, -0.25) is 5.84 Å². The van der Waals surface area contributed by atoms with Crippen LogP contribution in [0.5, 0.6) is 0 Å². The molecule has 0 bridgehead atoms. The van der Waals surface area contributed by atoms with E-state index < -0.39 is 0 Å². The predicted molar refractivity (Wildman–Crippen MR) is 80.6 cm³/mol. The minimum Gasteiger partial charge on any atom is -0.333 e. The normalized spacial score (nSPS) is 12.6. The third kappa shape index (κ3) is 3.05. The van der Waals surface area contributed by atoms with Crippen molar-refractivity contribution in [3.63, 3.8) is 0 Å². The standard InChI is InChI=1S/C14H19BrN4/c1-3-7-19-8-6-17-14(19)13(18-16)11-5-4-10(2)9-12(11)15/h4-6,8-9,13,18H,3,7,16H2,1-2H3. The second-order valence-electron chi connectivity index (χ2n) is 4.60. The van der Waals surface area contributed by atoms with Crippen LogP contribution in [0.15, 0.2) is 35.1 Å². The molecule has 1 aromatic carbocycles. The topological polar surface area (TPSA) is 55.9 Å². The largest absolute Gasteiger partial charge is 0.333 e. The van der Waals surface area contributed by atoms with E-state index in [1.807, 2.05) is 12.4 Å². The molecule has 5 heteroatoms. The monoisotopic (exact) mass is 322 g/mol. The van der Waals surface area contributed by atoms with Crippen molar-refractivity contribution in [1.29, 1.82) is 0 Å². The molecular weight excluding hydrogens is 304 g/mol. The maximum Gasteiger partial charge on any atom is 0.131 e. The molecule has 0 aliphatic heterocycles. The predicted octanol–water partition coefficient (Wildman–Crippen LogP) is 2.92. The Labute approximate surface area is 122 Å². The smallest absolute Gasteiger partial charge is 0.131 e. The molecule has 0 fully saturated rings. The number of hydrogen-bond acceptors (Lipinski definition) is 3. The minimum atomic E-state index is -0.114. The van der Waals surface area contributed by atoms with E-state index in [1.165, 1.54) is 5.56 Å². The second kappa shape index (κ2) is 6.32. The van der Waals surface area contributed by atoms with E-state index in [-0.39, 0.29) is 6.04 Å². The summed E-state index contributed by atoms with van der Waals surface area (Å²) in [5, 5.41) is 0. The summed E-state index contributed by atoms with van der Waals surface area (Å²) in [6.45, 7) is 5.16. The van der Waals surface area contributed by atoms with Gasteiger partial charge in [-0.25, -0.2) is 10.4 Å². The van der Waals surface area contributed by atoms with Crippen molar-refractivity contribution in [3.8, 4) is 0 Å². The number of imidazole rings is 1. The molecule has 0 saturated heterocycles. The van der Waals surface area contributed by atoms with Gasteiger partial charge >= 0.3 is 0 Å². The summed E-state index contributed by atoms with van der Waals surface area (Å²) in [5.41, 5.74) is 5.17. The van der Waals surface area contributed by atoms with Crippen molar-refractivity contribution in [2.75, 3.05) is 0 Å². The number of hydrogen-bond donors (Lipinski definition) is 2. The molecular formula is C14H19BrN4. The van der Waals surface area contributed by atoms with Gasteiger partial charge in [0.05, 0.1) is 0 Å². The Hall–Kier alpha value is -1.17. The highest BCUT2D eigenvalue weighted by Gasteiger charge is 2.19. The van der Waals surface area contributed by atoms with Crippen molar-refractivity contribution in [3.05, 3.63) is 52.0 Å². The number of halogens is 1. The van der Waals surface area contributed by atoms with Crippen molar-refractivity contribution in [1.82, 2.24) is 15.0 Å². The summed E-state index contributed by atoms with van der Waals surface area (Å²) >= 11 is 3.61. The van der Waals surface area contributed by atoms with Gasteiger partial charge in [0.25, 0.3) is 0 Å². The lowest BCUT2D eigenvalue weighted by molar-refractivity contribution is 0.544. The van der Waals surface area contributed by atoms with Crippen LogP contribution in [0.4, 0.5) is 0 Å². The molecule has 0 amide bonds. The lowest BCUT2D eigenvalue weighted by Gasteiger charge is -2.19. The fourth-order valence-corrected chi connectivity index (χ4v) is 2.90. The highest BCUT2D eigenvalue weighted by atomic mass is 79.9. The highest BCUT2D eigenvalue weighted by Crippen LogP contribution is 2.28. The van der Waals surface area contributed by atoms with Crippen LogP contribution < -0.4 is 11.3 Å². The zero-order valence-electron chi connectivity index (χ0n) is 11.2. The molecule has 1 heterocycles. The zero-order chi connectivity index (χ0) is 13.8. The number of nitrogens with one attached hydrogen (secondary N) is 1. The minimum absolute atomic E-state index is 0.114. The van der Waals surface area contributed by atoms with Gasteiger partial charge in [0.1, 0.15) is 11.9 Å². The summed E-state index contributed by atoms with van der Waals surface area (Å²) in [5.74, 6) is 6.68. The van der Waals surface area contributed by atoms with E-state index in [9.17, 15) is 0 Å². The molecule has 1 aromatic heterocycles. The summed E-state index contributed by atoms with van der Waals surface area (Å²) in [4.78, 5) is 4.45. The van der Waals surface area contributed by atoms with Gasteiger partial charge in [0, 0.05) is 23.4 Å². The molecule has 1 atom stereocenters. The van der Waals surface area contributed by atoms with Crippen molar-refractivity contribution >= 4 is 15.9 Å². The number of aryl methyl sites for hydroxylation is 2. The number of nitrogens with two attached hydrogens (primary N) is 1. The van der Waals surface area contributed by atoms with Gasteiger partial charge in [-0.2, -0.15) is 0 Å². The fourth-order valence-electron chi connectivity index (χ4n) is 2.18. The van der Waals surface area contributed by atoms with E-state index >= 15 is 0 Å². The quantitative estimate of drug-likeness (QED) is 0.657. The number of rotatable bonds is 5. The molecule has 1 unspecified atom stereocenters. The SMILES string of the molecule is CCCn1ccnc1C(NN)c1ccc(C)cc1Br. The lowest BCUT2D eigenvalue weighted by atomic mass is 10.0. The maximum atomic E-state index is 5.74. The van der Waals surface area contributed by atoms with Crippen LogP contribution >= 0.6 is 15.9 Å². The molecule has 19 heavy (non-hydrogen) atoms. The van der Waals surface area contributed by atoms with Crippen LogP contribution in [0.1, 0.15) is 36.3 Å². The summed E-state index contributed by atoms with van der Waals surface area (Å²) in [7, 11) is 0. The Balaban J connectivity index is 2.41. The van der Waals surface area contributed by atoms with Gasteiger partial charge < -0.3 is 4.57 Å². The molecule has 0 spiro atoms. The number of benzene rings is 1. The van der Waals surface area contributed by atoms with E-state index in [0.717, 1.165) is 28.8 Å². The summed E-state index contributed by atoms with van der Waals surface area (Å²) < 4.78 is 3.18. The molecule has 102 valence electrons. The average molecular weight is 323 g/mol. The van der Waals surface area contributed by atoms with Crippen LogP contribution in [-0.2, 0) is 6.54 Å². The van der Waals surface area contributed by atoms with Crippen LogP contribution in [0.2, 0.25) is 0 Å². The van der Waals surface area contributed by atoms with Gasteiger partial charge in [-0.15, -0.1) is 0 Å². The molecule has 4 nitrogen and oxygen atoms in total. The number of aromatic nitrogens is 2. The van der Waals surface area contributed by atoms with Crippen LogP contribution in [-0.4, -0.2) is 9.55 Å². The van der Waals surface area contributed by atoms with Crippen LogP contribution in [0, 0.1) is 6.92 Å². The third-order valence-corrected chi connectivity index (χ3v) is 3.79. The van der Waals surface area contributed by atoms with Crippen molar-refractivity contribution in [2.24, 2.45) is 5.84 Å². The third-order valence-electron chi connectivity index (χ3n) is 3.10.